The van der Waals surface area contributed by atoms with E-state index in [1.807, 2.05) is 58.9 Å². The van der Waals surface area contributed by atoms with Crippen molar-refractivity contribution in [2.45, 2.75) is 52.0 Å². The predicted molar refractivity (Wildman–Crippen MR) is 141 cm³/mol. The summed E-state index contributed by atoms with van der Waals surface area (Å²) in [6.45, 7) is 9.39. The van der Waals surface area contributed by atoms with Crippen LogP contribution in [0, 0.1) is 27.7 Å². The number of anilines is 1. The fourth-order valence-corrected chi connectivity index (χ4v) is 5.36. The number of aryl methyl sites for hydroxylation is 4. The predicted octanol–water partition coefficient (Wildman–Crippen LogP) is 5.39. The second-order valence-corrected chi connectivity index (χ2v) is 10.7. The van der Waals surface area contributed by atoms with Crippen LogP contribution in [-0.2, 0) is 14.8 Å². The molecule has 0 aliphatic heterocycles. The van der Waals surface area contributed by atoms with E-state index in [9.17, 15) is 13.2 Å². The lowest BCUT2D eigenvalue weighted by atomic mass is 10.0. The van der Waals surface area contributed by atoms with Gasteiger partial charge in [0.15, 0.2) is 0 Å². The molecular weight excluding hydrogens is 460 g/mol. The van der Waals surface area contributed by atoms with E-state index in [-0.39, 0.29) is 23.4 Å². The van der Waals surface area contributed by atoms with Crippen molar-refractivity contribution >= 4 is 21.6 Å². The van der Waals surface area contributed by atoms with E-state index in [2.05, 4.69) is 5.32 Å². The Morgan fingerprint density at radius 1 is 0.914 bits per heavy atom. The molecule has 1 atom stereocenters. The molecule has 0 radical (unpaired) electrons. The summed E-state index contributed by atoms with van der Waals surface area (Å²) in [5.41, 5.74) is 5.32. The van der Waals surface area contributed by atoms with Crippen LogP contribution in [0.3, 0.4) is 0 Å². The molecule has 0 unspecified atom stereocenters. The lowest BCUT2D eigenvalue weighted by Gasteiger charge is -2.26. The van der Waals surface area contributed by atoms with Gasteiger partial charge in [0.25, 0.3) is 10.0 Å². The molecule has 7 heteroatoms. The first-order valence-corrected chi connectivity index (χ1v) is 13.1. The molecule has 35 heavy (non-hydrogen) atoms. The number of rotatable bonds is 9. The fraction of sp³-hybridized carbons (Fsp3) is 0.321. The summed E-state index contributed by atoms with van der Waals surface area (Å²) >= 11 is 0. The summed E-state index contributed by atoms with van der Waals surface area (Å²) in [5.74, 6) is 0.402. The van der Waals surface area contributed by atoms with Crippen molar-refractivity contribution in [1.82, 2.24) is 5.32 Å². The molecule has 0 aliphatic rings. The van der Waals surface area contributed by atoms with Crippen LogP contribution in [0.1, 0.15) is 47.2 Å². The first kappa shape index (κ1) is 26.3. The third-order valence-electron chi connectivity index (χ3n) is 6.24. The summed E-state index contributed by atoms with van der Waals surface area (Å²) in [6, 6.07) is 17.6. The van der Waals surface area contributed by atoms with Gasteiger partial charge in [-0.05, 0) is 86.7 Å². The Morgan fingerprint density at radius 3 is 2.17 bits per heavy atom. The topological polar surface area (TPSA) is 75.7 Å². The molecule has 0 saturated heterocycles. The van der Waals surface area contributed by atoms with E-state index in [1.54, 1.807) is 43.5 Å². The maximum atomic E-state index is 13.6. The van der Waals surface area contributed by atoms with Crippen molar-refractivity contribution in [3.05, 3.63) is 88.5 Å². The Hall–Kier alpha value is -3.32. The minimum absolute atomic E-state index is 0.145. The lowest BCUT2D eigenvalue weighted by Crippen LogP contribution is -2.42. The summed E-state index contributed by atoms with van der Waals surface area (Å²) in [7, 11) is -2.34. The fourth-order valence-electron chi connectivity index (χ4n) is 3.94. The highest BCUT2D eigenvalue weighted by Crippen LogP contribution is 2.27. The number of sulfonamides is 1. The van der Waals surface area contributed by atoms with Gasteiger partial charge in [0.05, 0.1) is 23.7 Å². The average Bonchev–Trinajstić information content (AvgIpc) is 2.83. The van der Waals surface area contributed by atoms with Crippen molar-refractivity contribution in [3.8, 4) is 5.75 Å². The zero-order valence-electron chi connectivity index (χ0n) is 21.3. The number of carbonyl (C=O) groups excluding carboxylic acids is 1. The highest BCUT2D eigenvalue weighted by Gasteiger charge is 2.28. The number of amides is 1. The number of ether oxygens (including phenoxy) is 1. The SMILES string of the molecule is CC[C@H](NC(=O)CN(c1ccc(C)c(C)c1)S(=O)(=O)c1ccc(C)cc1)c1ccc(OC)c(C)c1. The van der Waals surface area contributed by atoms with Gasteiger partial charge in [0.2, 0.25) is 5.91 Å². The van der Waals surface area contributed by atoms with Crippen LogP contribution in [0.15, 0.2) is 65.6 Å². The van der Waals surface area contributed by atoms with Gasteiger partial charge in [-0.15, -0.1) is 0 Å². The zero-order valence-corrected chi connectivity index (χ0v) is 22.1. The number of hydrogen-bond donors (Lipinski definition) is 1. The lowest BCUT2D eigenvalue weighted by molar-refractivity contribution is -0.120. The van der Waals surface area contributed by atoms with E-state index in [4.69, 9.17) is 4.74 Å². The first-order chi connectivity index (χ1) is 16.6. The molecule has 3 aromatic rings. The van der Waals surface area contributed by atoms with Crippen molar-refractivity contribution < 1.29 is 17.9 Å². The second kappa shape index (κ2) is 11.0. The molecule has 3 aromatic carbocycles. The number of methoxy groups -OCH3 is 1. The third-order valence-corrected chi connectivity index (χ3v) is 8.03. The number of carbonyl (C=O) groups is 1. The number of nitrogens with zero attached hydrogens (tertiary/aromatic N) is 1. The molecule has 3 rings (SSSR count). The Kier molecular flexibility index (Phi) is 8.22. The standard InChI is InChI=1S/C28H34N2O4S/c1-7-26(23-11-15-27(34-6)22(5)16-23)29-28(31)18-30(24-12-10-20(3)21(4)17-24)35(32,33)25-13-8-19(2)9-14-25/h8-17,26H,7,18H2,1-6H3,(H,29,31)/t26-/m0/s1. The Bertz CT molecular complexity index is 1300. The molecule has 6 nitrogen and oxygen atoms in total. The summed E-state index contributed by atoms with van der Waals surface area (Å²) in [5, 5.41) is 3.02. The van der Waals surface area contributed by atoms with E-state index in [0.717, 1.165) is 33.6 Å². The van der Waals surface area contributed by atoms with E-state index in [0.29, 0.717) is 12.1 Å². The van der Waals surface area contributed by atoms with Gasteiger partial charge >= 0.3 is 0 Å². The number of nitrogens with one attached hydrogen (secondary N) is 1. The van der Waals surface area contributed by atoms with Gasteiger partial charge in [0.1, 0.15) is 12.3 Å². The third kappa shape index (κ3) is 6.03. The van der Waals surface area contributed by atoms with Crippen LogP contribution < -0.4 is 14.4 Å². The maximum Gasteiger partial charge on any atom is 0.264 e. The van der Waals surface area contributed by atoms with Crippen LogP contribution >= 0.6 is 0 Å². The maximum absolute atomic E-state index is 13.6. The largest absolute Gasteiger partial charge is 0.496 e. The van der Waals surface area contributed by atoms with Gasteiger partial charge < -0.3 is 10.1 Å². The van der Waals surface area contributed by atoms with Gasteiger partial charge in [-0.25, -0.2) is 8.42 Å². The van der Waals surface area contributed by atoms with Crippen molar-refractivity contribution in [1.29, 1.82) is 0 Å². The molecular formula is C28H34N2O4S. The second-order valence-electron chi connectivity index (χ2n) is 8.85. The Labute approximate surface area is 209 Å². The van der Waals surface area contributed by atoms with Gasteiger partial charge in [0, 0.05) is 0 Å². The Morgan fingerprint density at radius 2 is 1.60 bits per heavy atom. The van der Waals surface area contributed by atoms with Crippen molar-refractivity contribution in [2.24, 2.45) is 0 Å². The van der Waals surface area contributed by atoms with Gasteiger partial charge in [-0.2, -0.15) is 0 Å². The molecule has 0 fully saturated rings. The van der Waals surface area contributed by atoms with Crippen molar-refractivity contribution in [2.75, 3.05) is 18.0 Å². The zero-order chi connectivity index (χ0) is 25.8. The average molecular weight is 495 g/mol. The van der Waals surface area contributed by atoms with Crippen molar-refractivity contribution in [3.63, 3.8) is 0 Å². The number of hydrogen-bond acceptors (Lipinski definition) is 4. The van der Waals surface area contributed by atoms with Crippen LogP contribution in [0.25, 0.3) is 0 Å². The molecule has 0 aromatic heterocycles. The highest BCUT2D eigenvalue weighted by atomic mass is 32.2. The van der Waals surface area contributed by atoms with Crippen LogP contribution in [-0.4, -0.2) is 28.0 Å². The molecule has 0 heterocycles. The monoisotopic (exact) mass is 494 g/mol. The van der Waals surface area contributed by atoms with E-state index < -0.39 is 10.0 Å². The first-order valence-electron chi connectivity index (χ1n) is 11.7. The summed E-state index contributed by atoms with van der Waals surface area (Å²) in [4.78, 5) is 13.4. The molecule has 0 spiro atoms. The minimum atomic E-state index is -3.96. The van der Waals surface area contributed by atoms with Gasteiger partial charge in [-0.1, -0.05) is 42.8 Å². The summed E-state index contributed by atoms with van der Waals surface area (Å²) < 4.78 is 33.8. The minimum Gasteiger partial charge on any atom is -0.496 e. The van der Waals surface area contributed by atoms with E-state index >= 15 is 0 Å². The van der Waals surface area contributed by atoms with Crippen LogP contribution in [0.4, 0.5) is 5.69 Å². The van der Waals surface area contributed by atoms with Crippen LogP contribution in [0.5, 0.6) is 5.75 Å². The normalized spacial score (nSPS) is 12.2. The van der Waals surface area contributed by atoms with E-state index in [1.165, 1.54) is 4.31 Å². The molecule has 186 valence electrons. The Balaban J connectivity index is 1.93. The number of benzene rings is 3. The highest BCUT2D eigenvalue weighted by molar-refractivity contribution is 7.92. The van der Waals surface area contributed by atoms with Crippen LogP contribution in [0.2, 0.25) is 0 Å². The molecule has 1 amide bonds. The molecule has 1 N–H and O–H groups in total. The quantitative estimate of drug-likeness (QED) is 0.433. The molecule has 0 saturated carbocycles. The van der Waals surface area contributed by atoms with Gasteiger partial charge in [-0.3, -0.25) is 9.10 Å². The molecule has 0 aliphatic carbocycles. The smallest absolute Gasteiger partial charge is 0.264 e. The molecule has 0 bridgehead atoms. The summed E-state index contributed by atoms with van der Waals surface area (Å²) in [6.07, 6.45) is 0.659.